The molecule has 6 heteroatoms. The number of H-pyrrole nitrogens is 1. The monoisotopic (exact) mass is 332 g/mol. The topological polar surface area (TPSA) is 101 Å². The molecule has 4 N–H and O–H groups in total. The van der Waals surface area contributed by atoms with Gasteiger partial charge >= 0.3 is 0 Å². The number of nitrogens with one attached hydrogen (secondary N) is 2. The summed E-state index contributed by atoms with van der Waals surface area (Å²) in [5, 5.41) is 3.13. The molecule has 2 unspecified atom stereocenters. The van der Waals surface area contributed by atoms with Gasteiger partial charge in [0.25, 0.3) is 11.5 Å². The number of fused-ring (bicyclic) bond motifs is 2. The van der Waals surface area contributed by atoms with Crippen molar-refractivity contribution in [2.24, 2.45) is 17.6 Å². The van der Waals surface area contributed by atoms with Gasteiger partial charge in [0.15, 0.2) is 0 Å². The van der Waals surface area contributed by atoms with Crippen LogP contribution in [-0.2, 0) is 0 Å². The highest BCUT2D eigenvalue weighted by atomic mass is 16.2. The fraction of sp³-hybridized carbons (Fsp3) is 0.722. The molecule has 0 aromatic carbocycles. The lowest BCUT2D eigenvalue weighted by molar-refractivity contribution is 0.0753. The lowest BCUT2D eigenvalue weighted by Gasteiger charge is -2.45. The number of aryl methyl sites for hydroxylation is 1. The highest BCUT2D eigenvalue weighted by Gasteiger charge is 2.40. The molecule has 1 aromatic rings. The van der Waals surface area contributed by atoms with Crippen molar-refractivity contribution < 1.29 is 4.79 Å². The van der Waals surface area contributed by atoms with Gasteiger partial charge in [-0.2, -0.15) is 0 Å². The van der Waals surface area contributed by atoms with Crippen molar-refractivity contribution in [2.75, 3.05) is 0 Å². The van der Waals surface area contributed by atoms with Crippen molar-refractivity contribution in [3.05, 3.63) is 27.4 Å². The second kappa shape index (κ2) is 6.67. The van der Waals surface area contributed by atoms with Crippen LogP contribution in [-0.4, -0.2) is 28.0 Å². The zero-order valence-electron chi connectivity index (χ0n) is 14.8. The lowest BCUT2D eigenvalue weighted by atomic mass is 9.67. The number of carbonyl (C=O) groups excluding carboxylic acids is 1. The molecular formula is C18H28N4O2. The molecule has 2 aliphatic rings. The Hall–Kier alpha value is -1.69. The summed E-state index contributed by atoms with van der Waals surface area (Å²) < 4.78 is 0. The van der Waals surface area contributed by atoms with Crippen molar-refractivity contribution >= 4 is 5.91 Å². The molecule has 2 saturated carbocycles. The highest BCUT2D eigenvalue weighted by molar-refractivity contribution is 5.95. The number of rotatable bonds is 3. The van der Waals surface area contributed by atoms with Crippen molar-refractivity contribution in [2.45, 2.75) is 70.9 Å². The van der Waals surface area contributed by atoms with Gasteiger partial charge in [-0.25, -0.2) is 4.98 Å². The minimum atomic E-state index is -0.346. The van der Waals surface area contributed by atoms with Crippen molar-refractivity contribution in [3.63, 3.8) is 0 Å². The van der Waals surface area contributed by atoms with Crippen LogP contribution in [0.4, 0.5) is 0 Å². The van der Waals surface area contributed by atoms with E-state index in [2.05, 4.69) is 15.3 Å². The van der Waals surface area contributed by atoms with E-state index in [1.54, 1.807) is 6.92 Å². The van der Waals surface area contributed by atoms with E-state index < -0.39 is 0 Å². The molecule has 24 heavy (non-hydrogen) atoms. The van der Waals surface area contributed by atoms with Crippen LogP contribution in [0.15, 0.2) is 4.79 Å². The molecule has 6 nitrogen and oxygen atoms in total. The summed E-state index contributed by atoms with van der Waals surface area (Å²) in [5.74, 6) is 1.30. The molecule has 2 atom stereocenters. The Morgan fingerprint density at radius 2 is 1.92 bits per heavy atom. The molecule has 3 rings (SSSR count). The first-order valence-corrected chi connectivity index (χ1v) is 9.04. The van der Waals surface area contributed by atoms with Gasteiger partial charge < -0.3 is 16.0 Å². The molecular weight excluding hydrogens is 304 g/mol. The SMILES string of the molecule is Cc1nc(C(C)C)[nH]c(=O)c1C(=O)NC1C2CCCC1CC(N)C2. The third-order valence-electron chi connectivity index (χ3n) is 5.57. The third kappa shape index (κ3) is 3.24. The maximum Gasteiger partial charge on any atom is 0.264 e. The second-order valence-corrected chi connectivity index (χ2v) is 7.75. The van der Waals surface area contributed by atoms with E-state index in [1.165, 1.54) is 6.42 Å². The summed E-state index contributed by atoms with van der Waals surface area (Å²) >= 11 is 0. The molecule has 1 amide bonds. The van der Waals surface area contributed by atoms with Gasteiger partial charge in [0.2, 0.25) is 0 Å². The van der Waals surface area contributed by atoms with Gasteiger partial charge in [-0.15, -0.1) is 0 Å². The molecule has 1 heterocycles. The van der Waals surface area contributed by atoms with Gasteiger partial charge in [-0.05, 0) is 44.4 Å². The summed E-state index contributed by atoms with van der Waals surface area (Å²) in [7, 11) is 0. The maximum absolute atomic E-state index is 12.7. The van der Waals surface area contributed by atoms with E-state index in [-0.39, 0.29) is 35.0 Å². The first-order chi connectivity index (χ1) is 11.4. The Morgan fingerprint density at radius 1 is 1.29 bits per heavy atom. The van der Waals surface area contributed by atoms with E-state index in [0.29, 0.717) is 23.4 Å². The Bertz CT molecular complexity index is 668. The van der Waals surface area contributed by atoms with Crippen LogP contribution in [0.1, 0.15) is 73.7 Å². The normalized spacial score (nSPS) is 29.5. The van der Waals surface area contributed by atoms with Gasteiger partial charge in [0.05, 0.1) is 5.69 Å². The molecule has 2 bridgehead atoms. The van der Waals surface area contributed by atoms with Crippen molar-refractivity contribution in [1.29, 1.82) is 0 Å². The van der Waals surface area contributed by atoms with E-state index in [9.17, 15) is 9.59 Å². The molecule has 0 spiro atoms. The number of amides is 1. The number of nitrogens with two attached hydrogens (primary N) is 1. The fourth-order valence-electron chi connectivity index (χ4n) is 4.40. The van der Waals surface area contributed by atoms with Crippen LogP contribution >= 0.6 is 0 Å². The second-order valence-electron chi connectivity index (χ2n) is 7.75. The summed E-state index contributed by atoms with van der Waals surface area (Å²) in [6.45, 7) is 5.65. The van der Waals surface area contributed by atoms with E-state index in [4.69, 9.17) is 5.73 Å². The quantitative estimate of drug-likeness (QED) is 0.786. The van der Waals surface area contributed by atoms with Crippen LogP contribution in [0.25, 0.3) is 0 Å². The average molecular weight is 332 g/mol. The molecule has 2 fully saturated rings. The molecule has 0 aliphatic heterocycles. The van der Waals surface area contributed by atoms with Crippen LogP contribution in [0, 0.1) is 18.8 Å². The van der Waals surface area contributed by atoms with Gasteiger partial charge in [-0.3, -0.25) is 9.59 Å². The maximum atomic E-state index is 12.7. The van der Waals surface area contributed by atoms with E-state index in [0.717, 1.165) is 25.7 Å². The average Bonchev–Trinajstić information content (AvgIpc) is 2.47. The summed E-state index contributed by atoms with van der Waals surface area (Å²) in [6.07, 6.45) is 5.34. The summed E-state index contributed by atoms with van der Waals surface area (Å²) in [6, 6.07) is 0.375. The number of aromatic amines is 1. The molecule has 0 radical (unpaired) electrons. The van der Waals surface area contributed by atoms with E-state index in [1.807, 2.05) is 13.8 Å². The van der Waals surface area contributed by atoms with Crippen molar-refractivity contribution in [1.82, 2.24) is 15.3 Å². The first kappa shape index (κ1) is 17.1. The van der Waals surface area contributed by atoms with Crippen LogP contribution in [0.2, 0.25) is 0 Å². The highest BCUT2D eigenvalue weighted by Crippen LogP contribution is 2.39. The fourth-order valence-corrected chi connectivity index (χ4v) is 4.40. The third-order valence-corrected chi connectivity index (χ3v) is 5.57. The van der Waals surface area contributed by atoms with Gasteiger partial charge in [0, 0.05) is 18.0 Å². The molecule has 132 valence electrons. The molecule has 0 saturated heterocycles. The zero-order chi connectivity index (χ0) is 17.4. The predicted molar refractivity (Wildman–Crippen MR) is 93.0 cm³/mol. The minimum Gasteiger partial charge on any atom is -0.349 e. The summed E-state index contributed by atoms with van der Waals surface area (Å²) in [5.41, 5.74) is 6.44. The predicted octanol–water partition coefficient (Wildman–Crippen LogP) is 1.84. The lowest BCUT2D eigenvalue weighted by Crippen LogP contribution is -2.54. The number of nitrogens with zero attached hydrogens (tertiary/aromatic N) is 1. The van der Waals surface area contributed by atoms with Crippen LogP contribution in [0.3, 0.4) is 0 Å². The Morgan fingerprint density at radius 3 is 2.46 bits per heavy atom. The minimum absolute atomic E-state index is 0.118. The first-order valence-electron chi connectivity index (χ1n) is 9.04. The Kier molecular flexibility index (Phi) is 4.76. The van der Waals surface area contributed by atoms with Gasteiger partial charge in [0.1, 0.15) is 11.4 Å². The number of aromatic nitrogens is 2. The number of hydrogen-bond donors (Lipinski definition) is 3. The summed E-state index contributed by atoms with van der Waals surface area (Å²) in [4.78, 5) is 32.3. The van der Waals surface area contributed by atoms with Crippen molar-refractivity contribution in [3.8, 4) is 0 Å². The van der Waals surface area contributed by atoms with E-state index >= 15 is 0 Å². The van der Waals surface area contributed by atoms with Gasteiger partial charge in [-0.1, -0.05) is 20.3 Å². The number of carbonyl (C=O) groups is 1. The molecule has 2 aliphatic carbocycles. The molecule has 1 aromatic heterocycles. The zero-order valence-corrected chi connectivity index (χ0v) is 14.8. The van der Waals surface area contributed by atoms with Crippen LogP contribution < -0.4 is 16.6 Å². The Balaban J connectivity index is 1.82. The number of hydrogen-bond acceptors (Lipinski definition) is 4. The standard InChI is InChI=1S/C18H28N4O2/c1-9(2)16-20-10(3)14(18(24)22-16)17(23)21-15-11-5-4-6-12(15)8-13(19)7-11/h9,11-13,15H,4-8,19H2,1-3H3,(H,21,23)(H,20,22,24). The smallest absolute Gasteiger partial charge is 0.264 e. The van der Waals surface area contributed by atoms with Crippen LogP contribution in [0.5, 0.6) is 0 Å². The Labute approximate surface area is 142 Å². The largest absolute Gasteiger partial charge is 0.349 e.